The lowest BCUT2D eigenvalue weighted by molar-refractivity contribution is -0.167. The monoisotopic (exact) mass is 331 g/mol. The Kier molecular flexibility index (Phi) is 5.36. The van der Waals surface area contributed by atoms with Crippen molar-refractivity contribution in [1.29, 1.82) is 0 Å². The van der Waals surface area contributed by atoms with Crippen molar-refractivity contribution in [1.82, 2.24) is 4.90 Å². The molecule has 0 bridgehead atoms. The van der Waals surface area contributed by atoms with E-state index in [2.05, 4.69) is 0 Å². The quantitative estimate of drug-likeness (QED) is 0.763. The van der Waals surface area contributed by atoms with Crippen LogP contribution in [0.2, 0.25) is 0 Å². The molecular weight excluding hydrogens is 302 g/mol. The highest BCUT2D eigenvalue weighted by atomic mass is 16.6. The van der Waals surface area contributed by atoms with Crippen LogP contribution < -0.4 is 0 Å². The molecule has 1 amide bonds. The zero-order chi connectivity index (χ0) is 18.0. The average Bonchev–Trinajstić information content (AvgIpc) is 2.84. The summed E-state index contributed by atoms with van der Waals surface area (Å²) in [6.45, 7) is 10.1. The molecule has 1 saturated heterocycles. The van der Waals surface area contributed by atoms with Crippen LogP contribution in [0.3, 0.4) is 0 Å². The van der Waals surface area contributed by atoms with Gasteiger partial charge in [0.1, 0.15) is 5.60 Å². The first-order valence-corrected chi connectivity index (χ1v) is 8.76. The first-order chi connectivity index (χ1) is 11.2. The second-order valence-corrected chi connectivity index (χ2v) is 7.82. The molecule has 0 spiro atoms. The van der Waals surface area contributed by atoms with Gasteiger partial charge in [-0.05, 0) is 39.7 Å². The Labute approximate surface area is 145 Å². The van der Waals surface area contributed by atoms with E-state index in [-0.39, 0.29) is 24.3 Å². The molecule has 0 aromatic heterocycles. The third kappa shape index (κ3) is 3.97. The number of benzene rings is 1. The molecule has 1 aliphatic rings. The molecule has 24 heavy (non-hydrogen) atoms. The van der Waals surface area contributed by atoms with Gasteiger partial charge in [0, 0.05) is 13.0 Å². The van der Waals surface area contributed by atoms with Crippen molar-refractivity contribution < 1.29 is 14.3 Å². The highest BCUT2D eigenvalue weighted by Gasteiger charge is 2.51. The molecule has 1 aliphatic heterocycles. The van der Waals surface area contributed by atoms with Gasteiger partial charge in [-0.2, -0.15) is 0 Å². The van der Waals surface area contributed by atoms with Crippen LogP contribution >= 0.6 is 0 Å². The van der Waals surface area contributed by atoms with Crippen molar-refractivity contribution in [3.05, 3.63) is 35.9 Å². The molecule has 2 atom stereocenters. The predicted molar refractivity (Wildman–Crippen MR) is 94.4 cm³/mol. The van der Waals surface area contributed by atoms with Gasteiger partial charge in [0.25, 0.3) is 0 Å². The minimum Gasteiger partial charge on any atom is -0.459 e. The van der Waals surface area contributed by atoms with Gasteiger partial charge in [0.15, 0.2) is 0 Å². The first kappa shape index (κ1) is 18.5. The van der Waals surface area contributed by atoms with E-state index in [1.807, 2.05) is 69.9 Å². The topological polar surface area (TPSA) is 46.6 Å². The molecule has 0 N–H and O–H groups in total. The van der Waals surface area contributed by atoms with Crippen molar-refractivity contribution >= 4 is 11.9 Å². The minimum atomic E-state index is -0.720. The first-order valence-electron chi connectivity index (χ1n) is 8.76. The summed E-state index contributed by atoms with van der Waals surface area (Å²) in [4.78, 5) is 27.3. The van der Waals surface area contributed by atoms with Gasteiger partial charge in [-0.15, -0.1) is 0 Å². The fourth-order valence-corrected chi connectivity index (χ4v) is 3.40. The molecule has 0 radical (unpaired) electrons. The van der Waals surface area contributed by atoms with Crippen molar-refractivity contribution in [3.63, 3.8) is 0 Å². The number of ether oxygens (including phenoxy) is 1. The summed E-state index contributed by atoms with van der Waals surface area (Å²) < 4.78 is 5.64. The van der Waals surface area contributed by atoms with E-state index in [1.54, 1.807) is 0 Å². The van der Waals surface area contributed by atoms with Gasteiger partial charge >= 0.3 is 5.97 Å². The molecule has 1 heterocycles. The molecule has 4 heteroatoms. The van der Waals surface area contributed by atoms with E-state index in [4.69, 9.17) is 4.74 Å². The molecule has 4 nitrogen and oxygen atoms in total. The van der Waals surface area contributed by atoms with Gasteiger partial charge in [-0.25, -0.2) is 0 Å². The summed E-state index contributed by atoms with van der Waals surface area (Å²) >= 11 is 0. The molecule has 132 valence electrons. The molecule has 2 rings (SSSR count). The second-order valence-electron chi connectivity index (χ2n) is 7.82. The largest absolute Gasteiger partial charge is 0.459 e. The Hall–Kier alpha value is -1.84. The van der Waals surface area contributed by atoms with E-state index in [1.165, 1.54) is 0 Å². The van der Waals surface area contributed by atoms with Gasteiger partial charge in [0.05, 0.1) is 11.5 Å². The van der Waals surface area contributed by atoms with Crippen LogP contribution in [0, 0.1) is 5.41 Å². The third-order valence-electron chi connectivity index (χ3n) is 4.59. The fraction of sp³-hybridized carbons (Fsp3) is 0.600. The lowest BCUT2D eigenvalue weighted by Gasteiger charge is -2.32. The maximum atomic E-state index is 12.8. The zero-order valence-electron chi connectivity index (χ0n) is 15.5. The van der Waals surface area contributed by atoms with Crippen LogP contribution in [-0.2, 0) is 14.3 Å². The van der Waals surface area contributed by atoms with Crippen molar-refractivity contribution in [2.75, 3.05) is 6.54 Å². The summed E-state index contributed by atoms with van der Waals surface area (Å²) in [7, 11) is 0. The molecule has 1 aromatic rings. The molecule has 1 fully saturated rings. The van der Waals surface area contributed by atoms with Crippen LogP contribution in [-0.4, -0.2) is 28.9 Å². The number of carbonyl (C=O) groups is 2. The van der Waals surface area contributed by atoms with Gasteiger partial charge in [-0.3, -0.25) is 9.59 Å². The smallest absolute Gasteiger partial charge is 0.314 e. The second kappa shape index (κ2) is 6.96. The zero-order valence-corrected chi connectivity index (χ0v) is 15.5. The third-order valence-corrected chi connectivity index (χ3v) is 4.59. The lowest BCUT2D eigenvalue weighted by atomic mass is 9.82. The van der Waals surface area contributed by atoms with E-state index in [9.17, 15) is 9.59 Å². The molecular formula is C20H29NO3. The number of amides is 1. The highest BCUT2D eigenvalue weighted by molar-refractivity contribution is 5.90. The number of likely N-dealkylation sites (tertiary alicyclic amines) is 1. The SMILES string of the molecule is CCC[C@]1(C(=O)OC(C)(C)C)CC(=O)N([C@H](C)c2ccccc2)C1. The summed E-state index contributed by atoms with van der Waals surface area (Å²) in [5.41, 5.74) is -0.177. The fourth-order valence-electron chi connectivity index (χ4n) is 3.40. The van der Waals surface area contributed by atoms with Gasteiger partial charge < -0.3 is 9.64 Å². The lowest BCUT2D eigenvalue weighted by Crippen LogP contribution is -2.40. The number of esters is 1. The van der Waals surface area contributed by atoms with E-state index in [0.29, 0.717) is 13.0 Å². The number of nitrogens with zero attached hydrogens (tertiary/aromatic N) is 1. The highest BCUT2D eigenvalue weighted by Crippen LogP contribution is 2.41. The predicted octanol–water partition coefficient (Wildman–Crippen LogP) is 4.11. The normalized spacial score (nSPS) is 22.5. The van der Waals surface area contributed by atoms with Gasteiger partial charge in [0.2, 0.25) is 5.91 Å². The minimum absolute atomic E-state index is 0.0330. The number of hydrogen-bond acceptors (Lipinski definition) is 3. The standard InChI is InChI=1S/C20H29NO3/c1-6-12-20(18(23)24-19(3,4)5)13-17(22)21(14-20)15(2)16-10-8-7-9-11-16/h7-11,15H,6,12-14H2,1-5H3/t15-,20+/m1/s1. The Bertz CT molecular complexity index is 591. The Morgan fingerprint density at radius 3 is 2.46 bits per heavy atom. The number of rotatable bonds is 5. The van der Waals surface area contributed by atoms with E-state index >= 15 is 0 Å². The number of carbonyl (C=O) groups excluding carboxylic acids is 2. The maximum absolute atomic E-state index is 12.8. The van der Waals surface area contributed by atoms with E-state index < -0.39 is 11.0 Å². The molecule has 0 unspecified atom stereocenters. The van der Waals surface area contributed by atoms with Crippen LogP contribution in [0.4, 0.5) is 0 Å². The van der Waals surface area contributed by atoms with E-state index in [0.717, 1.165) is 12.0 Å². The molecule has 0 aliphatic carbocycles. The summed E-state index contributed by atoms with van der Waals surface area (Å²) in [5.74, 6) is -0.210. The van der Waals surface area contributed by atoms with Crippen LogP contribution in [0.25, 0.3) is 0 Å². The van der Waals surface area contributed by atoms with Crippen LogP contribution in [0.5, 0.6) is 0 Å². The van der Waals surface area contributed by atoms with Crippen molar-refractivity contribution in [2.45, 2.75) is 65.5 Å². The van der Waals surface area contributed by atoms with Crippen molar-refractivity contribution in [2.24, 2.45) is 5.41 Å². The maximum Gasteiger partial charge on any atom is 0.314 e. The Balaban J connectivity index is 2.24. The average molecular weight is 331 g/mol. The Morgan fingerprint density at radius 1 is 1.29 bits per heavy atom. The summed E-state index contributed by atoms with van der Waals surface area (Å²) in [6, 6.07) is 9.90. The molecule has 0 saturated carbocycles. The van der Waals surface area contributed by atoms with Crippen LogP contribution in [0.15, 0.2) is 30.3 Å². The molecule has 1 aromatic carbocycles. The summed E-state index contributed by atoms with van der Waals surface area (Å²) in [6.07, 6.45) is 1.76. The Morgan fingerprint density at radius 2 is 1.92 bits per heavy atom. The van der Waals surface area contributed by atoms with Gasteiger partial charge in [-0.1, -0.05) is 43.7 Å². The van der Waals surface area contributed by atoms with Crippen LogP contribution in [0.1, 0.15) is 65.5 Å². The summed E-state index contributed by atoms with van der Waals surface area (Å²) in [5, 5.41) is 0. The van der Waals surface area contributed by atoms with Crippen molar-refractivity contribution in [3.8, 4) is 0 Å². The number of hydrogen-bond donors (Lipinski definition) is 0.